The third-order valence-electron chi connectivity index (χ3n) is 4.95. The molecule has 0 aromatic heterocycles. The summed E-state index contributed by atoms with van der Waals surface area (Å²) in [4.78, 5) is 28.4. The average molecular weight is 471 g/mol. The zero-order chi connectivity index (χ0) is 21.8. The van der Waals surface area contributed by atoms with E-state index in [2.05, 4.69) is 10.2 Å². The van der Waals surface area contributed by atoms with Crippen LogP contribution < -0.4 is 15.0 Å². The molecule has 2 aromatic carbocycles. The lowest BCUT2D eigenvalue weighted by Gasteiger charge is -2.36. The Morgan fingerprint density at radius 2 is 1.63 bits per heavy atom. The number of nitrogens with zero attached hydrogens (tertiary/aromatic N) is 2. The maximum Gasteiger partial charge on any atom is 0.255 e. The Kier molecular flexibility index (Phi) is 7.34. The number of nitrogens with one attached hydrogen (secondary N) is 1. The highest BCUT2D eigenvalue weighted by molar-refractivity contribution is 6.38. The van der Waals surface area contributed by atoms with Crippen LogP contribution in [0.3, 0.4) is 0 Å². The molecule has 2 amide bonds. The summed E-state index contributed by atoms with van der Waals surface area (Å²) in [6.45, 7) is 4.62. The molecule has 0 saturated carbocycles. The number of carbonyl (C=O) groups is 2. The summed E-state index contributed by atoms with van der Waals surface area (Å²) in [5.41, 5.74) is 1.73. The lowest BCUT2D eigenvalue weighted by atomic mass is 10.2. The molecule has 9 heteroatoms. The Morgan fingerprint density at radius 1 is 1.00 bits per heavy atom. The van der Waals surface area contributed by atoms with Gasteiger partial charge in [-0.25, -0.2) is 0 Å². The summed E-state index contributed by atoms with van der Waals surface area (Å²) < 4.78 is 5.10. The smallest absolute Gasteiger partial charge is 0.255 e. The van der Waals surface area contributed by atoms with Gasteiger partial charge in [-0.3, -0.25) is 9.59 Å². The molecular formula is C21H22Cl3N3O3. The molecule has 0 spiro atoms. The third-order valence-corrected chi connectivity index (χ3v) is 5.81. The van der Waals surface area contributed by atoms with Gasteiger partial charge in [-0.05, 0) is 30.3 Å². The van der Waals surface area contributed by atoms with Crippen LogP contribution in [0, 0.1) is 0 Å². The van der Waals surface area contributed by atoms with Crippen molar-refractivity contribution >= 4 is 58.0 Å². The molecule has 1 aliphatic rings. The fourth-order valence-corrected chi connectivity index (χ4v) is 4.29. The first-order valence-electron chi connectivity index (χ1n) is 9.50. The van der Waals surface area contributed by atoms with Gasteiger partial charge in [0.1, 0.15) is 0 Å². The molecule has 1 saturated heterocycles. The SMILES string of the molecule is CCC(=O)N1CCN(c2ccc(NC(=O)c3cc(Cl)c(OC)c(Cl)c3)cc2Cl)CC1. The number of hydrogen-bond donors (Lipinski definition) is 1. The summed E-state index contributed by atoms with van der Waals surface area (Å²) >= 11 is 18.7. The lowest BCUT2D eigenvalue weighted by Crippen LogP contribution is -2.48. The first kappa shape index (κ1) is 22.5. The third kappa shape index (κ3) is 4.94. The van der Waals surface area contributed by atoms with E-state index in [1.165, 1.54) is 19.2 Å². The molecule has 30 heavy (non-hydrogen) atoms. The van der Waals surface area contributed by atoms with Crippen molar-refractivity contribution in [1.29, 1.82) is 0 Å². The van der Waals surface area contributed by atoms with Crippen molar-refractivity contribution in [3.63, 3.8) is 0 Å². The van der Waals surface area contributed by atoms with Crippen molar-refractivity contribution < 1.29 is 14.3 Å². The van der Waals surface area contributed by atoms with E-state index < -0.39 is 0 Å². The average Bonchev–Trinajstić information content (AvgIpc) is 2.73. The fourth-order valence-electron chi connectivity index (χ4n) is 3.35. The van der Waals surface area contributed by atoms with E-state index in [4.69, 9.17) is 39.5 Å². The number of halogens is 3. The second-order valence-electron chi connectivity index (χ2n) is 6.81. The molecule has 0 radical (unpaired) electrons. The van der Waals surface area contributed by atoms with Gasteiger partial charge in [0.15, 0.2) is 5.75 Å². The van der Waals surface area contributed by atoms with Crippen LogP contribution >= 0.6 is 34.8 Å². The van der Waals surface area contributed by atoms with Crippen LogP contribution in [0.2, 0.25) is 15.1 Å². The highest BCUT2D eigenvalue weighted by Gasteiger charge is 2.22. The van der Waals surface area contributed by atoms with Crippen LogP contribution in [-0.2, 0) is 4.79 Å². The predicted molar refractivity (Wildman–Crippen MR) is 122 cm³/mol. The van der Waals surface area contributed by atoms with Gasteiger partial charge in [-0.15, -0.1) is 0 Å². The van der Waals surface area contributed by atoms with Crippen molar-refractivity contribution in [1.82, 2.24) is 4.90 Å². The molecule has 1 heterocycles. The summed E-state index contributed by atoms with van der Waals surface area (Å²) in [5.74, 6) is 0.123. The summed E-state index contributed by atoms with van der Waals surface area (Å²) in [6.07, 6.45) is 0.514. The van der Waals surface area contributed by atoms with Crippen molar-refractivity contribution in [3.8, 4) is 5.75 Å². The zero-order valence-electron chi connectivity index (χ0n) is 16.7. The van der Waals surface area contributed by atoms with Crippen LogP contribution in [0.25, 0.3) is 0 Å². The molecular weight excluding hydrogens is 449 g/mol. The van der Waals surface area contributed by atoms with E-state index in [9.17, 15) is 9.59 Å². The van der Waals surface area contributed by atoms with Gasteiger partial charge in [0, 0.05) is 43.9 Å². The minimum Gasteiger partial charge on any atom is -0.494 e. The number of benzene rings is 2. The highest BCUT2D eigenvalue weighted by atomic mass is 35.5. The zero-order valence-corrected chi connectivity index (χ0v) is 18.9. The van der Waals surface area contributed by atoms with E-state index in [1.54, 1.807) is 12.1 Å². The van der Waals surface area contributed by atoms with E-state index in [0.29, 0.717) is 54.6 Å². The first-order chi connectivity index (χ1) is 14.3. The van der Waals surface area contributed by atoms with Crippen molar-refractivity contribution in [2.24, 2.45) is 0 Å². The van der Waals surface area contributed by atoms with Crippen LogP contribution in [0.4, 0.5) is 11.4 Å². The number of ether oxygens (including phenoxy) is 1. The van der Waals surface area contributed by atoms with Crippen molar-refractivity contribution in [2.75, 3.05) is 43.5 Å². The number of anilines is 2. The van der Waals surface area contributed by atoms with Gasteiger partial charge in [0.2, 0.25) is 5.91 Å². The van der Waals surface area contributed by atoms with Gasteiger partial charge in [-0.2, -0.15) is 0 Å². The van der Waals surface area contributed by atoms with E-state index >= 15 is 0 Å². The highest BCUT2D eigenvalue weighted by Crippen LogP contribution is 2.34. The van der Waals surface area contributed by atoms with Gasteiger partial charge >= 0.3 is 0 Å². The van der Waals surface area contributed by atoms with Gasteiger partial charge in [0.25, 0.3) is 5.91 Å². The molecule has 0 unspecified atom stereocenters. The minimum atomic E-state index is -0.364. The molecule has 0 atom stereocenters. The number of piperazine rings is 1. The molecule has 1 aliphatic heterocycles. The second-order valence-corrected chi connectivity index (χ2v) is 8.04. The topological polar surface area (TPSA) is 61.9 Å². The van der Waals surface area contributed by atoms with Gasteiger partial charge < -0.3 is 19.9 Å². The van der Waals surface area contributed by atoms with Crippen LogP contribution in [0.5, 0.6) is 5.75 Å². The normalized spacial score (nSPS) is 13.9. The Labute approximate surface area is 190 Å². The minimum absolute atomic E-state index is 0.164. The molecule has 6 nitrogen and oxygen atoms in total. The molecule has 3 rings (SSSR count). The Morgan fingerprint density at radius 3 is 2.17 bits per heavy atom. The van der Waals surface area contributed by atoms with E-state index in [0.717, 1.165) is 5.69 Å². The van der Waals surface area contributed by atoms with Crippen molar-refractivity contribution in [3.05, 3.63) is 51.0 Å². The van der Waals surface area contributed by atoms with E-state index in [-0.39, 0.29) is 21.9 Å². The number of hydrogen-bond acceptors (Lipinski definition) is 4. The largest absolute Gasteiger partial charge is 0.494 e. The molecule has 160 valence electrons. The fraction of sp³-hybridized carbons (Fsp3) is 0.333. The van der Waals surface area contributed by atoms with Crippen LogP contribution in [0.15, 0.2) is 30.3 Å². The maximum absolute atomic E-state index is 12.6. The van der Waals surface area contributed by atoms with Crippen LogP contribution in [-0.4, -0.2) is 50.0 Å². The van der Waals surface area contributed by atoms with Gasteiger partial charge in [0.05, 0.1) is 27.9 Å². The Balaban J connectivity index is 1.69. The van der Waals surface area contributed by atoms with Gasteiger partial charge in [-0.1, -0.05) is 41.7 Å². The predicted octanol–water partition coefficient (Wildman–Crippen LogP) is 4.97. The molecule has 0 aliphatic carbocycles. The van der Waals surface area contributed by atoms with Crippen molar-refractivity contribution in [2.45, 2.75) is 13.3 Å². The number of rotatable bonds is 5. The summed E-state index contributed by atoms with van der Waals surface area (Å²) in [5, 5.41) is 3.83. The number of carbonyl (C=O) groups excluding carboxylic acids is 2. The standard InChI is InChI=1S/C21H22Cl3N3O3/c1-3-19(28)27-8-6-26(7-9-27)18-5-4-14(12-15(18)22)25-21(29)13-10-16(23)20(30-2)17(24)11-13/h4-5,10-12H,3,6-9H2,1-2H3,(H,25,29). The number of methoxy groups -OCH3 is 1. The quantitative estimate of drug-likeness (QED) is 0.670. The molecule has 1 fully saturated rings. The first-order valence-corrected chi connectivity index (χ1v) is 10.6. The Bertz CT molecular complexity index is 937. The number of amides is 2. The van der Waals surface area contributed by atoms with Crippen LogP contribution in [0.1, 0.15) is 23.7 Å². The Hall–Kier alpha value is -2.15. The summed E-state index contributed by atoms with van der Waals surface area (Å²) in [6, 6.07) is 8.34. The summed E-state index contributed by atoms with van der Waals surface area (Å²) in [7, 11) is 1.46. The molecule has 0 bridgehead atoms. The lowest BCUT2D eigenvalue weighted by molar-refractivity contribution is -0.131. The van der Waals surface area contributed by atoms with E-state index in [1.807, 2.05) is 17.9 Å². The molecule has 1 N–H and O–H groups in total. The second kappa shape index (κ2) is 9.77. The molecule has 2 aromatic rings. The monoisotopic (exact) mass is 469 g/mol. The maximum atomic E-state index is 12.6.